The molecule has 2 amide bonds. The van der Waals surface area contributed by atoms with Crippen molar-refractivity contribution in [1.82, 2.24) is 5.32 Å². The van der Waals surface area contributed by atoms with Crippen LogP contribution < -0.4 is 10.2 Å². The monoisotopic (exact) mass is 400 g/mol. The standard InChI is InChI=1S/C21H24N2O6/c1-11(2)29-21(27)22-17-9-12(3)23(13(4)24)18-6-5-14(10-16(17)18)19-15(20(25)26)7-8-28-19/h5-8,10-12,17H,9H2,1-4H3,(H,22,27)(H,25,26). The Balaban J connectivity index is 2.06. The zero-order chi connectivity index (χ0) is 21.3. The van der Waals surface area contributed by atoms with Gasteiger partial charge in [-0.1, -0.05) is 0 Å². The predicted octanol–water partition coefficient (Wildman–Crippen LogP) is 3.97. The van der Waals surface area contributed by atoms with Gasteiger partial charge in [0.25, 0.3) is 0 Å². The number of nitrogens with one attached hydrogen (secondary N) is 1. The van der Waals surface area contributed by atoms with Crippen LogP contribution in [0.4, 0.5) is 10.5 Å². The first kappa shape index (κ1) is 20.4. The van der Waals surface area contributed by atoms with Crippen molar-refractivity contribution in [3.05, 3.63) is 41.7 Å². The van der Waals surface area contributed by atoms with Crippen LogP contribution in [0.2, 0.25) is 0 Å². The normalized spacial score (nSPS) is 18.3. The zero-order valence-electron chi connectivity index (χ0n) is 16.8. The highest BCUT2D eigenvalue weighted by molar-refractivity contribution is 5.96. The molecule has 0 saturated carbocycles. The van der Waals surface area contributed by atoms with Crippen LogP contribution in [0.1, 0.15) is 56.1 Å². The summed E-state index contributed by atoms with van der Waals surface area (Å²) < 4.78 is 10.6. The molecule has 0 saturated heterocycles. The molecule has 0 spiro atoms. The molecular weight excluding hydrogens is 376 g/mol. The Morgan fingerprint density at radius 3 is 2.62 bits per heavy atom. The molecule has 0 fully saturated rings. The van der Waals surface area contributed by atoms with Crippen LogP contribution in [0, 0.1) is 0 Å². The number of carbonyl (C=O) groups is 3. The van der Waals surface area contributed by atoms with Gasteiger partial charge in [-0.3, -0.25) is 4.79 Å². The number of benzene rings is 1. The second-order valence-corrected chi connectivity index (χ2v) is 7.37. The molecule has 3 rings (SSSR count). The van der Waals surface area contributed by atoms with Gasteiger partial charge in [-0.2, -0.15) is 0 Å². The van der Waals surface area contributed by atoms with Gasteiger partial charge in [0.1, 0.15) is 11.3 Å². The van der Waals surface area contributed by atoms with Crippen LogP contribution in [0.3, 0.4) is 0 Å². The molecule has 29 heavy (non-hydrogen) atoms. The lowest BCUT2D eigenvalue weighted by Gasteiger charge is -2.39. The maximum Gasteiger partial charge on any atom is 0.407 e. The lowest BCUT2D eigenvalue weighted by atomic mass is 9.89. The summed E-state index contributed by atoms with van der Waals surface area (Å²) in [6.07, 6.45) is 0.997. The number of nitrogens with zero attached hydrogens (tertiary/aromatic N) is 1. The number of alkyl carbamates (subject to hydrolysis) is 1. The van der Waals surface area contributed by atoms with Crippen LogP contribution in [-0.2, 0) is 9.53 Å². The number of carboxylic acids is 1. The van der Waals surface area contributed by atoms with Crippen molar-refractivity contribution in [2.45, 2.75) is 52.3 Å². The van der Waals surface area contributed by atoms with E-state index in [0.29, 0.717) is 23.2 Å². The van der Waals surface area contributed by atoms with E-state index in [2.05, 4.69) is 5.32 Å². The van der Waals surface area contributed by atoms with E-state index in [1.165, 1.54) is 19.3 Å². The highest BCUT2D eigenvalue weighted by Crippen LogP contribution is 2.40. The van der Waals surface area contributed by atoms with Crippen molar-refractivity contribution in [3.8, 4) is 11.3 Å². The lowest BCUT2D eigenvalue weighted by Crippen LogP contribution is -2.45. The van der Waals surface area contributed by atoms with Gasteiger partial charge in [0.05, 0.1) is 18.4 Å². The smallest absolute Gasteiger partial charge is 0.407 e. The van der Waals surface area contributed by atoms with Crippen molar-refractivity contribution in [2.24, 2.45) is 0 Å². The number of carboxylic acid groups (broad SMARTS) is 1. The Labute approximate surface area is 168 Å². The second-order valence-electron chi connectivity index (χ2n) is 7.37. The molecule has 1 aliphatic heterocycles. The number of carbonyl (C=O) groups excluding carboxylic acids is 2. The fourth-order valence-electron chi connectivity index (χ4n) is 3.71. The van der Waals surface area contributed by atoms with Gasteiger partial charge >= 0.3 is 12.1 Å². The van der Waals surface area contributed by atoms with E-state index in [4.69, 9.17) is 9.15 Å². The van der Waals surface area contributed by atoms with Gasteiger partial charge < -0.3 is 24.5 Å². The lowest BCUT2D eigenvalue weighted by molar-refractivity contribution is -0.117. The minimum absolute atomic E-state index is 0.0429. The summed E-state index contributed by atoms with van der Waals surface area (Å²) in [5.74, 6) is -0.989. The molecule has 154 valence electrons. The maximum absolute atomic E-state index is 12.2. The molecule has 2 aromatic rings. The summed E-state index contributed by atoms with van der Waals surface area (Å²) in [7, 11) is 0. The van der Waals surface area contributed by atoms with Gasteiger partial charge in [0.15, 0.2) is 0 Å². The van der Waals surface area contributed by atoms with Gasteiger partial charge in [-0.25, -0.2) is 9.59 Å². The number of aromatic carboxylic acids is 1. The van der Waals surface area contributed by atoms with E-state index in [1.807, 2.05) is 6.92 Å². The maximum atomic E-state index is 12.2. The Morgan fingerprint density at radius 1 is 1.28 bits per heavy atom. The minimum Gasteiger partial charge on any atom is -0.478 e. The SMILES string of the molecule is CC(=O)N1c2ccc(-c3occc3C(=O)O)cc2C(NC(=O)OC(C)C)CC1C. The Kier molecular flexibility index (Phi) is 5.63. The topological polar surface area (TPSA) is 109 Å². The molecule has 2 heterocycles. The van der Waals surface area contributed by atoms with Crippen molar-refractivity contribution in [1.29, 1.82) is 0 Å². The Morgan fingerprint density at radius 2 is 2.00 bits per heavy atom. The summed E-state index contributed by atoms with van der Waals surface area (Å²) in [6, 6.07) is 6.07. The van der Waals surface area contributed by atoms with Gasteiger partial charge in [0.2, 0.25) is 5.91 Å². The third kappa shape index (κ3) is 4.11. The summed E-state index contributed by atoms with van der Waals surface area (Å²) in [6.45, 7) is 6.92. The van der Waals surface area contributed by atoms with Gasteiger partial charge in [0, 0.05) is 24.2 Å². The second kappa shape index (κ2) is 7.98. The third-order valence-corrected chi connectivity index (χ3v) is 4.81. The van der Waals surface area contributed by atoms with Gasteiger partial charge in [-0.05, 0) is 57.0 Å². The Bertz CT molecular complexity index is 948. The number of furan rings is 1. The molecule has 1 aromatic carbocycles. The molecule has 0 bridgehead atoms. The molecule has 0 radical (unpaired) electrons. The fourth-order valence-corrected chi connectivity index (χ4v) is 3.71. The summed E-state index contributed by atoms with van der Waals surface area (Å²) in [4.78, 5) is 37.5. The summed E-state index contributed by atoms with van der Waals surface area (Å²) >= 11 is 0. The van der Waals surface area contributed by atoms with E-state index in [1.54, 1.807) is 36.9 Å². The van der Waals surface area contributed by atoms with Crippen LogP contribution in [-0.4, -0.2) is 35.2 Å². The number of ether oxygens (including phenoxy) is 1. The highest BCUT2D eigenvalue weighted by atomic mass is 16.6. The van der Waals surface area contributed by atoms with E-state index >= 15 is 0 Å². The first-order chi connectivity index (χ1) is 13.7. The van der Waals surface area contributed by atoms with Gasteiger partial charge in [-0.15, -0.1) is 0 Å². The van der Waals surface area contributed by atoms with Crippen molar-refractivity contribution >= 4 is 23.7 Å². The first-order valence-electron chi connectivity index (χ1n) is 9.41. The summed E-state index contributed by atoms with van der Waals surface area (Å²) in [5.41, 5.74) is 1.96. The molecule has 2 N–H and O–H groups in total. The first-order valence-corrected chi connectivity index (χ1v) is 9.41. The number of hydrogen-bond acceptors (Lipinski definition) is 5. The van der Waals surface area contributed by atoms with Crippen LogP contribution >= 0.6 is 0 Å². The quantitative estimate of drug-likeness (QED) is 0.804. The highest BCUT2D eigenvalue weighted by Gasteiger charge is 2.34. The number of amides is 2. The summed E-state index contributed by atoms with van der Waals surface area (Å²) in [5, 5.41) is 12.2. The molecule has 0 aliphatic carbocycles. The number of anilines is 1. The molecule has 1 aromatic heterocycles. The van der Waals surface area contributed by atoms with E-state index in [9.17, 15) is 19.5 Å². The van der Waals surface area contributed by atoms with Crippen LogP contribution in [0.15, 0.2) is 34.9 Å². The Hall–Kier alpha value is -3.29. The van der Waals surface area contributed by atoms with Crippen molar-refractivity contribution in [2.75, 3.05) is 4.90 Å². The number of hydrogen-bond donors (Lipinski definition) is 2. The number of rotatable bonds is 4. The van der Waals surface area contributed by atoms with E-state index < -0.39 is 18.1 Å². The average Bonchev–Trinajstić information content (AvgIpc) is 3.10. The average molecular weight is 400 g/mol. The van der Waals surface area contributed by atoms with Crippen molar-refractivity contribution < 1.29 is 28.6 Å². The zero-order valence-corrected chi connectivity index (χ0v) is 16.8. The molecular formula is C21H24N2O6. The predicted molar refractivity (Wildman–Crippen MR) is 106 cm³/mol. The van der Waals surface area contributed by atoms with Crippen LogP contribution in [0.25, 0.3) is 11.3 Å². The molecule has 2 atom stereocenters. The van der Waals surface area contributed by atoms with Crippen LogP contribution in [0.5, 0.6) is 0 Å². The fraction of sp³-hybridized carbons (Fsp3) is 0.381. The molecule has 8 nitrogen and oxygen atoms in total. The largest absolute Gasteiger partial charge is 0.478 e. The number of fused-ring (bicyclic) bond motifs is 1. The minimum atomic E-state index is -1.10. The van der Waals surface area contributed by atoms with Crippen molar-refractivity contribution in [3.63, 3.8) is 0 Å². The molecule has 2 unspecified atom stereocenters. The van der Waals surface area contributed by atoms with E-state index in [-0.39, 0.29) is 29.4 Å². The molecule has 8 heteroatoms. The third-order valence-electron chi connectivity index (χ3n) is 4.81. The van der Waals surface area contributed by atoms with E-state index in [0.717, 1.165) is 0 Å². The molecule has 1 aliphatic rings.